The van der Waals surface area contributed by atoms with Gasteiger partial charge in [-0.3, -0.25) is 0 Å². The molecular weight excluding hydrogens is 307 g/mol. The van der Waals surface area contributed by atoms with Gasteiger partial charge in [0.15, 0.2) is 0 Å². The van der Waals surface area contributed by atoms with E-state index in [1.54, 1.807) is 18.2 Å². The van der Waals surface area contributed by atoms with Crippen LogP contribution in [0.3, 0.4) is 0 Å². The zero-order chi connectivity index (χ0) is 16.5. The predicted molar refractivity (Wildman–Crippen MR) is 89.9 cm³/mol. The first-order valence-corrected chi connectivity index (χ1v) is 8.16. The molecule has 0 aliphatic heterocycles. The minimum absolute atomic E-state index is 0.237. The maximum Gasteiger partial charge on any atom is 0.339 e. The summed E-state index contributed by atoms with van der Waals surface area (Å²) in [4.78, 5) is 12.2. The lowest BCUT2D eigenvalue weighted by Crippen LogP contribution is -2.15. The van der Waals surface area contributed by atoms with Crippen molar-refractivity contribution in [3.8, 4) is 5.75 Å². The summed E-state index contributed by atoms with van der Waals surface area (Å²) in [5.74, 6) is 0.318. The van der Waals surface area contributed by atoms with Crippen LogP contribution >= 0.6 is 0 Å². The van der Waals surface area contributed by atoms with Crippen LogP contribution in [0.5, 0.6) is 5.75 Å². The second-order valence-corrected chi connectivity index (χ2v) is 6.13. The van der Waals surface area contributed by atoms with Crippen LogP contribution in [0.1, 0.15) is 29.5 Å². The van der Waals surface area contributed by atoms with Crippen molar-refractivity contribution >= 4 is 11.0 Å². The SMILES string of the molecule is O=c1oc2cc(OCc3cccc(F)c3)ccc2c2c1CCCC2. The Morgan fingerprint density at radius 3 is 2.71 bits per heavy atom. The molecule has 2 aromatic carbocycles. The second kappa shape index (κ2) is 6.11. The molecule has 0 fully saturated rings. The Morgan fingerprint density at radius 2 is 1.88 bits per heavy atom. The molecule has 1 heterocycles. The van der Waals surface area contributed by atoms with Crippen LogP contribution in [0, 0.1) is 5.82 Å². The van der Waals surface area contributed by atoms with Gasteiger partial charge < -0.3 is 9.15 Å². The van der Waals surface area contributed by atoms with Crippen molar-refractivity contribution in [2.45, 2.75) is 32.3 Å². The molecule has 1 aliphatic rings. The van der Waals surface area contributed by atoms with Crippen molar-refractivity contribution in [1.82, 2.24) is 0 Å². The highest BCUT2D eigenvalue weighted by Gasteiger charge is 2.18. The smallest absolute Gasteiger partial charge is 0.339 e. The van der Waals surface area contributed by atoms with E-state index in [0.717, 1.165) is 47.8 Å². The average Bonchev–Trinajstić information content (AvgIpc) is 2.60. The number of aryl methyl sites for hydroxylation is 1. The van der Waals surface area contributed by atoms with Gasteiger partial charge in [0, 0.05) is 17.0 Å². The molecule has 0 atom stereocenters. The van der Waals surface area contributed by atoms with Crippen LogP contribution in [0.2, 0.25) is 0 Å². The number of benzene rings is 2. The summed E-state index contributed by atoms with van der Waals surface area (Å²) < 4.78 is 24.4. The largest absolute Gasteiger partial charge is 0.489 e. The van der Waals surface area contributed by atoms with Gasteiger partial charge in [0.25, 0.3) is 0 Å². The van der Waals surface area contributed by atoms with Crippen molar-refractivity contribution in [3.05, 3.63) is 75.4 Å². The number of ether oxygens (including phenoxy) is 1. The lowest BCUT2D eigenvalue weighted by Gasteiger charge is -2.16. The molecule has 3 aromatic rings. The van der Waals surface area contributed by atoms with Gasteiger partial charge in [-0.25, -0.2) is 9.18 Å². The average molecular weight is 324 g/mol. The normalized spacial score (nSPS) is 13.7. The third kappa shape index (κ3) is 2.80. The van der Waals surface area contributed by atoms with Gasteiger partial charge in [-0.15, -0.1) is 0 Å². The zero-order valence-electron chi connectivity index (χ0n) is 13.2. The molecule has 0 radical (unpaired) electrons. The maximum absolute atomic E-state index is 13.2. The lowest BCUT2D eigenvalue weighted by atomic mass is 9.91. The quantitative estimate of drug-likeness (QED) is 0.671. The number of halogens is 1. The first-order chi connectivity index (χ1) is 11.7. The van der Waals surface area contributed by atoms with Crippen molar-refractivity contribution < 1.29 is 13.5 Å². The predicted octanol–water partition coefficient (Wildman–Crippen LogP) is 4.39. The maximum atomic E-state index is 13.2. The van der Waals surface area contributed by atoms with E-state index in [1.807, 2.05) is 12.1 Å². The first kappa shape index (κ1) is 14.9. The fourth-order valence-electron chi connectivity index (χ4n) is 3.31. The molecule has 1 aliphatic carbocycles. The lowest BCUT2D eigenvalue weighted by molar-refractivity contribution is 0.305. The van der Waals surface area contributed by atoms with Gasteiger partial charge in [0.2, 0.25) is 0 Å². The molecule has 24 heavy (non-hydrogen) atoms. The topological polar surface area (TPSA) is 39.4 Å². The third-order valence-corrected chi connectivity index (χ3v) is 4.49. The molecule has 0 N–H and O–H groups in total. The van der Waals surface area contributed by atoms with Gasteiger partial charge in [-0.2, -0.15) is 0 Å². The molecule has 0 saturated heterocycles. The Bertz CT molecular complexity index is 959. The van der Waals surface area contributed by atoms with Crippen LogP contribution in [0.15, 0.2) is 51.7 Å². The molecular formula is C20H17FO3. The molecule has 1 aromatic heterocycles. The molecule has 4 rings (SSSR count). The summed E-state index contributed by atoms with van der Waals surface area (Å²) in [7, 11) is 0. The van der Waals surface area contributed by atoms with Gasteiger partial charge >= 0.3 is 5.63 Å². The molecule has 0 unspecified atom stereocenters. The Balaban J connectivity index is 1.65. The molecule has 122 valence electrons. The molecule has 0 bridgehead atoms. The van der Waals surface area contributed by atoms with Gasteiger partial charge in [0.05, 0.1) is 0 Å². The number of rotatable bonds is 3. The standard InChI is InChI=1S/C20H17FO3/c21-14-5-3-4-13(10-14)12-23-15-8-9-17-16-6-1-2-7-18(16)20(22)24-19(17)11-15/h3-5,8-11H,1-2,6-7,12H2. The third-order valence-electron chi connectivity index (χ3n) is 4.49. The van der Waals surface area contributed by atoms with Crippen LogP contribution in [0.25, 0.3) is 11.0 Å². The van der Waals surface area contributed by atoms with Crippen LogP contribution in [0.4, 0.5) is 4.39 Å². The van der Waals surface area contributed by atoms with E-state index < -0.39 is 0 Å². The summed E-state index contributed by atoms with van der Waals surface area (Å²) in [6, 6.07) is 11.9. The number of hydrogen-bond acceptors (Lipinski definition) is 3. The van der Waals surface area contributed by atoms with E-state index in [9.17, 15) is 9.18 Å². The Kier molecular flexibility index (Phi) is 3.81. The van der Waals surface area contributed by atoms with Gasteiger partial charge in [-0.1, -0.05) is 12.1 Å². The van der Waals surface area contributed by atoms with Crippen LogP contribution in [-0.4, -0.2) is 0 Å². The van der Waals surface area contributed by atoms with Crippen LogP contribution in [-0.2, 0) is 19.4 Å². The van der Waals surface area contributed by atoms with E-state index in [-0.39, 0.29) is 18.0 Å². The highest BCUT2D eigenvalue weighted by atomic mass is 19.1. The molecule has 3 nitrogen and oxygen atoms in total. The van der Waals surface area contributed by atoms with Crippen molar-refractivity contribution in [2.24, 2.45) is 0 Å². The van der Waals surface area contributed by atoms with Crippen LogP contribution < -0.4 is 10.4 Å². The molecule has 4 heteroatoms. The molecule has 0 spiro atoms. The number of hydrogen-bond donors (Lipinski definition) is 0. The minimum atomic E-state index is -0.285. The van der Waals surface area contributed by atoms with E-state index in [0.29, 0.717) is 11.3 Å². The highest BCUT2D eigenvalue weighted by Crippen LogP contribution is 2.29. The van der Waals surface area contributed by atoms with Gasteiger partial charge in [-0.05, 0) is 61.1 Å². The van der Waals surface area contributed by atoms with Crippen molar-refractivity contribution in [1.29, 1.82) is 0 Å². The number of fused-ring (bicyclic) bond motifs is 3. The van der Waals surface area contributed by atoms with Gasteiger partial charge in [0.1, 0.15) is 23.8 Å². The molecule has 0 amide bonds. The summed E-state index contributed by atoms with van der Waals surface area (Å²) in [6.07, 6.45) is 3.85. The summed E-state index contributed by atoms with van der Waals surface area (Å²) in [6.45, 7) is 0.262. The fourth-order valence-corrected chi connectivity index (χ4v) is 3.31. The van der Waals surface area contributed by atoms with Crippen molar-refractivity contribution in [2.75, 3.05) is 0 Å². The molecule has 0 saturated carbocycles. The summed E-state index contributed by atoms with van der Waals surface area (Å²) in [5, 5.41) is 0.988. The Hall–Kier alpha value is -2.62. The monoisotopic (exact) mass is 324 g/mol. The zero-order valence-corrected chi connectivity index (χ0v) is 13.2. The van der Waals surface area contributed by atoms with Crippen molar-refractivity contribution in [3.63, 3.8) is 0 Å². The Labute approximate surface area is 138 Å². The highest BCUT2D eigenvalue weighted by molar-refractivity contribution is 5.82. The van der Waals surface area contributed by atoms with E-state index in [2.05, 4.69) is 0 Å². The Morgan fingerprint density at radius 1 is 1.04 bits per heavy atom. The van der Waals surface area contributed by atoms with E-state index in [1.165, 1.54) is 12.1 Å². The second-order valence-electron chi connectivity index (χ2n) is 6.13. The summed E-state index contributed by atoms with van der Waals surface area (Å²) >= 11 is 0. The fraction of sp³-hybridized carbons (Fsp3) is 0.250. The van der Waals surface area contributed by atoms with E-state index >= 15 is 0 Å². The van der Waals surface area contributed by atoms with E-state index in [4.69, 9.17) is 9.15 Å². The minimum Gasteiger partial charge on any atom is -0.489 e. The summed E-state index contributed by atoms with van der Waals surface area (Å²) in [5.41, 5.74) is 3.00. The first-order valence-electron chi connectivity index (χ1n) is 8.16.